The lowest BCUT2D eigenvalue weighted by molar-refractivity contribution is 0.0992. The molecule has 4 aromatic heterocycles. The van der Waals surface area contributed by atoms with Crippen molar-refractivity contribution in [2.75, 3.05) is 15.5 Å². The van der Waals surface area contributed by atoms with Gasteiger partial charge >= 0.3 is 0 Å². The normalized spacial score (nSPS) is 19.5. The van der Waals surface area contributed by atoms with Crippen LogP contribution in [0.15, 0.2) is 48.8 Å². The van der Waals surface area contributed by atoms with Crippen LogP contribution in [-0.2, 0) is 12.0 Å². The number of amides is 1. The second-order valence-electron chi connectivity index (χ2n) is 10.8. The summed E-state index contributed by atoms with van der Waals surface area (Å²) in [6.07, 6.45) is 6.12. The number of carbonyl (C=O) groups excluding carboxylic acids is 1. The number of rotatable bonds is 5. The van der Waals surface area contributed by atoms with Gasteiger partial charge in [0.2, 0.25) is 5.95 Å². The zero-order chi connectivity index (χ0) is 25.7. The van der Waals surface area contributed by atoms with E-state index in [2.05, 4.69) is 51.5 Å². The van der Waals surface area contributed by atoms with E-state index in [1.165, 1.54) is 12.1 Å². The molecule has 1 aliphatic heterocycles. The Morgan fingerprint density at radius 3 is 2.59 bits per heavy atom. The van der Waals surface area contributed by atoms with Gasteiger partial charge < -0.3 is 15.5 Å². The van der Waals surface area contributed by atoms with Crippen LogP contribution in [-0.4, -0.2) is 42.6 Å². The Morgan fingerprint density at radius 2 is 1.84 bits per heavy atom. The molecule has 6 rings (SSSR count). The van der Waals surface area contributed by atoms with Gasteiger partial charge in [0.15, 0.2) is 5.65 Å². The SMILES string of the molecule is CC(C)(C)c1ccc2c(n1)C(=O)N(c1ccc(N[C@H]3CC[C@H](Nc4nc5cc(F)ccn5n4)C3)nc1)C2. The van der Waals surface area contributed by atoms with Gasteiger partial charge in [0, 0.05) is 41.0 Å². The van der Waals surface area contributed by atoms with Crippen molar-refractivity contribution >= 4 is 29.0 Å². The van der Waals surface area contributed by atoms with E-state index in [-0.39, 0.29) is 29.2 Å². The molecular formula is C27H29FN8O. The molecule has 0 radical (unpaired) electrons. The summed E-state index contributed by atoms with van der Waals surface area (Å²) in [6.45, 7) is 6.78. The summed E-state index contributed by atoms with van der Waals surface area (Å²) in [4.78, 5) is 28.4. The van der Waals surface area contributed by atoms with E-state index in [1.807, 2.05) is 24.3 Å². The summed E-state index contributed by atoms with van der Waals surface area (Å²) in [6, 6.07) is 11.0. The molecule has 37 heavy (non-hydrogen) atoms. The van der Waals surface area contributed by atoms with Gasteiger partial charge in [0.1, 0.15) is 17.3 Å². The number of halogens is 1. The van der Waals surface area contributed by atoms with Crippen molar-refractivity contribution in [1.29, 1.82) is 0 Å². The minimum atomic E-state index is -0.333. The molecule has 10 heteroatoms. The molecule has 2 atom stereocenters. The van der Waals surface area contributed by atoms with Crippen LogP contribution in [0.1, 0.15) is 61.8 Å². The predicted octanol–water partition coefficient (Wildman–Crippen LogP) is 4.56. The molecule has 9 nitrogen and oxygen atoms in total. The number of nitrogens with zero attached hydrogens (tertiary/aromatic N) is 6. The first-order valence-corrected chi connectivity index (χ1v) is 12.6. The number of aromatic nitrogens is 5. The van der Waals surface area contributed by atoms with Crippen LogP contribution >= 0.6 is 0 Å². The van der Waals surface area contributed by atoms with Gasteiger partial charge in [-0.05, 0) is 43.5 Å². The number of anilines is 3. The molecule has 5 heterocycles. The van der Waals surface area contributed by atoms with E-state index in [0.29, 0.717) is 23.8 Å². The van der Waals surface area contributed by atoms with Gasteiger partial charge in [-0.25, -0.2) is 18.9 Å². The molecule has 2 aliphatic rings. The Balaban J connectivity index is 1.07. The summed E-state index contributed by atoms with van der Waals surface area (Å²) in [5, 5.41) is 11.2. The molecule has 1 fully saturated rings. The molecule has 1 saturated carbocycles. The zero-order valence-corrected chi connectivity index (χ0v) is 21.1. The minimum absolute atomic E-state index is 0.0865. The molecule has 2 N–H and O–H groups in total. The maximum Gasteiger partial charge on any atom is 0.277 e. The summed E-state index contributed by atoms with van der Waals surface area (Å²) in [5.41, 5.74) is 3.50. The highest BCUT2D eigenvalue weighted by Crippen LogP contribution is 2.31. The van der Waals surface area contributed by atoms with E-state index in [1.54, 1.807) is 21.8 Å². The third kappa shape index (κ3) is 4.59. The summed E-state index contributed by atoms with van der Waals surface area (Å²) >= 11 is 0. The predicted molar refractivity (Wildman–Crippen MR) is 139 cm³/mol. The first-order valence-electron chi connectivity index (χ1n) is 12.6. The van der Waals surface area contributed by atoms with E-state index < -0.39 is 0 Å². The van der Waals surface area contributed by atoms with E-state index >= 15 is 0 Å². The number of hydrogen-bond donors (Lipinski definition) is 2. The van der Waals surface area contributed by atoms with Gasteiger partial charge in [-0.1, -0.05) is 26.8 Å². The maximum atomic E-state index is 13.4. The molecule has 0 aromatic carbocycles. The molecule has 4 aromatic rings. The Morgan fingerprint density at radius 1 is 1.03 bits per heavy atom. The van der Waals surface area contributed by atoms with Crippen molar-refractivity contribution in [2.24, 2.45) is 0 Å². The summed E-state index contributed by atoms with van der Waals surface area (Å²) in [7, 11) is 0. The fraction of sp³-hybridized carbons (Fsp3) is 0.370. The molecule has 1 amide bonds. The Labute approximate surface area is 214 Å². The lowest BCUT2D eigenvalue weighted by Gasteiger charge is -2.18. The van der Waals surface area contributed by atoms with Crippen LogP contribution in [0.4, 0.5) is 21.8 Å². The molecule has 0 spiro atoms. The minimum Gasteiger partial charge on any atom is -0.367 e. The zero-order valence-electron chi connectivity index (χ0n) is 21.1. The van der Waals surface area contributed by atoms with Gasteiger partial charge in [0.25, 0.3) is 5.91 Å². The lowest BCUT2D eigenvalue weighted by Crippen LogP contribution is -2.24. The van der Waals surface area contributed by atoms with Crippen molar-refractivity contribution < 1.29 is 9.18 Å². The maximum absolute atomic E-state index is 13.4. The van der Waals surface area contributed by atoms with Crippen molar-refractivity contribution in [1.82, 2.24) is 24.6 Å². The Hall–Kier alpha value is -4.08. The first-order chi connectivity index (χ1) is 17.7. The van der Waals surface area contributed by atoms with Gasteiger partial charge in [-0.3, -0.25) is 4.79 Å². The van der Waals surface area contributed by atoms with Gasteiger partial charge in [-0.2, -0.15) is 4.98 Å². The van der Waals surface area contributed by atoms with Crippen LogP contribution in [0.3, 0.4) is 0 Å². The highest BCUT2D eigenvalue weighted by atomic mass is 19.1. The van der Waals surface area contributed by atoms with Crippen molar-refractivity contribution in [3.05, 3.63) is 71.6 Å². The molecule has 0 saturated heterocycles. The monoisotopic (exact) mass is 500 g/mol. The quantitative estimate of drug-likeness (QED) is 0.414. The highest BCUT2D eigenvalue weighted by molar-refractivity contribution is 6.08. The number of nitrogens with one attached hydrogen (secondary N) is 2. The van der Waals surface area contributed by atoms with Gasteiger partial charge in [-0.15, -0.1) is 5.10 Å². The fourth-order valence-corrected chi connectivity index (χ4v) is 4.98. The van der Waals surface area contributed by atoms with E-state index in [0.717, 1.165) is 42.0 Å². The van der Waals surface area contributed by atoms with Crippen molar-refractivity contribution in [2.45, 2.75) is 64.1 Å². The lowest BCUT2D eigenvalue weighted by atomic mass is 9.91. The van der Waals surface area contributed by atoms with Crippen LogP contribution in [0.2, 0.25) is 0 Å². The van der Waals surface area contributed by atoms with E-state index in [9.17, 15) is 9.18 Å². The molecule has 0 bridgehead atoms. The van der Waals surface area contributed by atoms with Crippen molar-refractivity contribution in [3.8, 4) is 0 Å². The average Bonchev–Trinajstić information content (AvgIpc) is 3.56. The van der Waals surface area contributed by atoms with E-state index in [4.69, 9.17) is 0 Å². The number of fused-ring (bicyclic) bond motifs is 2. The average molecular weight is 501 g/mol. The topological polar surface area (TPSA) is 100 Å². The Bertz CT molecular complexity index is 1480. The smallest absolute Gasteiger partial charge is 0.277 e. The molecule has 1 aliphatic carbocycles. The van der Waals surface area contributed by atoms with Crippen LogP contribution in [0.25, 0.3) is 5.65 Å². The molecule has 190 valence electrons. The van der Waals surface area contributed by atoms with Crippen LogP contribution in [0.5, 0.6) is 0 Å². The number of pyridine rings is 3. The standard InChI is InChI=1S/C27H29FN8O/c1-27(2,3)21-8-4-16-15-35(25(37)24(16)32-21)20-7-9-22(29-14-20)30-18-5-6-19(13-18)31-26-33-23-12-17(28)10-11-36(23)34-26/h4,7-12,14,18-19H,5-6,13,15H2,1-3H3,(H,29,30)(H,31,34)/t18-,19-/m0/s1. The van der Waals surface area contributed by atoms with Crippen LogP contribution in [0, 0.1) is 5.82 Å². The van der Waals surface area contributed by atoms with Gasteiger partial charge in [0.05, 0.1) is 18.4 Å². The number of carbonyl (C=O) groups is 1. The number of hydrogen-bond acceptors (Lipinski definition) is 7. The second kappa shape index (κ2) is 8.79. The third-order valence-corrected chi connectivity index (χ3v) is 7.00. The van der Waals surface area contributed by atoms with Crippen LogP contribution < -0.4 is 15.5 Å². The molecule has 0 unspecified atom stereocenters. The fourth-order valence-electron chi connectivity index (χ4n) is 4.98. The third-order valence-electron chi connectivity index (χ3n) is 7.00. The largest absolute Gasteiger partial charge is 0.367 e. The summed E-state index contributed by atoms with van der Waals surface area (Å²) in [5.74, 6) is 0.851. The van der Waals surface area contributed by atoms with Crippen molar-refractivity contribution in [3.63, 3.8) is 0 Å². The highest BCUT2D eigenvalue weighted by Gasteiger charge is 2.32. The molecular weight excluding hydrogens is 471 g/mol. The second-order valence-corrected chi connectivity index (χ2v) is 10.8. The Kier molecular flexibility index (Phi) is 5.54. The first kappa shape index (κ1) is 23.3. The summed E-state index contributed by atoms with van der Waals surface area (Å²) < 4.78 is 15.0.